The van der Waals surface area contributed by atoms with Crippen LogP contribution in [0.1, 0.15) is 46.1 Å². The van der Waals surface area contributed by atoms with Gasteiger partial charge >= 0.3 is 0 Å². The number of benzene rings is 1. The Kier molecular flexibility index (Phi) is 8.95. The van der Waals surface area contributed by atoms with Gasteiger partial charge in [-0.3, -0.25) is 0 Å². The molecule has 1 aromatic carbocycles. The van der Waals surface area contributed by atoms with Gasteiger partial charge in [-0.05, 0) is 18.1 Å². The van der Waals surface area contributed by atoms with Gasteiger partial charge in [-0.1, -0.05) is 58.7 Å². The van der Waals surface area contributed by atoms with Gasteiger partial charge in [-0.2, -0.15) is 0 Å². The van der Waals surface area contributed by atoms with Crippen molar-refractivity contribution in [3.63, 3.8) is 0 Å². The molecule has 0 saturated heterocycles. The fourth-order valence-corrected chi connectivity index (χ4v) is 1.24. The Bertz CT molecular complexity index is 218. The van der Waals surface area contributed by atoms with Crippen molar-refractivity contribution in [3.05, 3.63) is 29.8 Å². The molecule has 0 fully saturated rings. The number of fused-ring (bicyclic) bond motifs is 1. The van der Waals surface area contributed by atoms with E-state index in [9.17, 15) is 0 Å². The highest BCUT2D eigenvalue weighted by molar-refractivity contribution is 5.54. The topological polar surface area (TPSA) is 12.0 Å². The summed E-state index contributed by atoms with van der Waals surface area (Å²) < 4.78 is 0. The number of nitrogens with one attached hydrogen (secondary N) is 1. The van der Waals surface area contributed by atoms with Crippen LogP contribution in [0.25, 0.3) is 0 Å². The van der Waals surface area contributed by atoms with E-state index in [0.29, 0.717) is 0 Å². The molecule has 0 aromatic heterocycles. The van der Waals surface area contributed by atoms with E-state index in [2.05, 4.69) is 43.4 Å². The molecule has 0 atom stereocenters. The zero-order valence-electron chi connectivity index (χ0n) is 10.6. The van der Waals surface area contributed by atoms with E-state index in [1.807, 2.05) is 13.8 Å². The van der Waals surface area contributed by atoms with Crippen LogP contribution in [0.3, 0.4) is 0 Å². The molecule has 2 rings (SSSR count). The highest BCUT2D eigenvalue weighted by atomic mass is 14.9. The molecule has 0 aliphatic carbocycles. The van der Waals surface area contributed by atoms with Crippen molar-refractivity contribution in [1.29, 1.82) is 0 Å². The molecule has 0 spiro atoms. The largest absolute Gasteiger partial charge is 0.384 e. The molecule has 1 nitrogen and oxygen atoms in total. The summed E-state index contributed by atoms with van der Waals surface area (Å²) in [4.78, 5) is 0. The van der Waals surface area contributed by atoms with E-state index >= 15 is 0 Å². The first kappa shape index (κ1) is 14.0. The number of para-hydroxylation sites is 1. The molecule has 1 N–H and O–H groups in total. The highest BCUT2D eigenvalue weighted by Gasteiger charge is 2.05. The van der Waals surface area contributed by atoms with Crippen LogP contribution in [-0.4, -0.2) is 6.54 Å². The van der Waals surface area contributed by atoms with Crippen LogP contribution in [0.15, 0.2) is 24.3 Å². The van der Waals surface area contributed by atoms with Gasteiger partial charge in [0.05, 0.1) is 0 Å². The lowest BCUT2D eigenvalue weighted by atomic mass is 10.2. The second-order valence-electron chi connectivity index (χ2n) is 3.33. The minimum atomic E-state index is 1.11. The maximum atomic E-state index is 3.30. The number of unbranched alkanes of at least 4 members (excludes halogenated alkanes) is 1. The zero-order valence-corrected chi connectivity index (χ0v) is 10.6. The lowest BCUT2D eigenvalue weighted by molar-refractivity contribution is 0.886. The standard InChI is InChI=1S/C8H9N.C4H10.C2H6/c1-2-4-8-7(3-1)5-6-9-8;1-3-4-2;1-2/h1-4,9H,5-6H2;3-4H2,1-2H3;1-2H3. The van der Waals surface area contributed by atoms with Crippen LogP contribution in [0.4, 0.5) is 5.69 Å². The van der Waals surface area contributed by atoms with Crippen LogP contribution in [0, 0.1) is 0 Å². The van der Waals surface area contributed by atoms with Gasteiger partial charge in [-0.15, -0.1) is 0 Å². The predicted octanol–water partition coefficient (Wildman–Crippen LogP) is 4.49. The Balaban J connectivity index is 0.000000282. The van der Waals surface area contributed by atoms with Crippen LogP contribution < -0.4 is 5.32 Å². The zero-order chi connectivity index (χ0) is 11.5. The Morgan fingerprint density at radius 1 is 1.07 bits per heavy atom. The molecule has 0 saturated carbocycles. The Morgan fingerprint density at radius 2 is 1.67 bits per heavy atom. The third-order valence-electron chi connectivity index (χ3n) is 2.23. The molecular weight excluding hydrogens is 182 g/mol. The average Bonchev–Trinajstić information content (AvgIpc) is 2.80. The SMILES string of the molecule is CC.CCCC.c1ccc2c(c1)CCN2. The van der Waals surface area contributed by atoms with E-state index in [1.165, 1.54) is 30.5 Å². The number of rotatable bonds is 1. The second-order valence-corrected chi connectivity index (χ2v) is 3.33. The Morgan fingerprint density at radius 3 is 2.20 bits per heavy atom. The molecule has 0 amide bonds. The highest BCUT2D eigenvalue weighted by Crippen LogP contribution is 2.19. The first-order valence-corrected chi connectivity index (χ1v) is 6.20. The van der Waals surface area contributed by atoms with Gasteiger partial charge in [0, 0.05) is 12.2 Å². The number of hydrogen-bond donors (Lipinski definition) is 1. The van der Waals surface area contributed by atoms with Crippen molar-refractivity contribution in [2.45, 2.75) is 47.0 Å². The number of anilines is 1. The molecule has 1 heterocycles. The van der Waals surface area contributed by atoms with Crippen molar-refractivity contribution < 1.29 is 0 Å². The molecule has 1 heteroatoms. The van der Waals surface area contributed by atoms with E-state index < -0.39 is 0 Å². The number of hydrogen-bond acceptors (Lipinski definition) is 1. The third-order valence-corrected chi connectivity index (χ3v) is 2.23. The second kappa shape index (κ2) is 9.57. The molecule has 0 radical (unpaired) electrons. The van der Waals surface area contributed by atoms with Gasteiger partial charge in [0.25, 0.3) is 0 Å². The van der Waals surface area contributed by atoms with Crippen molar-refractivity contribution in [1.82, 2.24) is 0 Å². The monoisotopic (exact) mass is 207 g/mol. The molecular formula is C14H25N. The van der Waals surface area contributed by atoms with Crippen molar-refractivity contribution in [3.8, 4) is 0 Å². The van der Waals surface area contributed by atoms with E-state index in [1.54, 1.807) is 0 Å². The molecule has 0 bridgehead atoms. The molecule has 1 aromatic rings. The van der Waals surface area contributed by atoms with Crippen molar-refractivity contribution in [2.75, 3.05) is 11.9 Å². The molecule has 15 heavy (non-hydrogen) atoms. The minimum Gasteiger partial charge on any atom is -0.384 e. The van der Waals surface area contributed by atoms with E-state index in [0.717, 1.165) is 6.54 Å². The van der Waals surface area contributed by atoms with Gasteiger partial charge in [0.2, 0.25) is 0 Å². The van der Waals surface area contributed by atoms with Crippen LogP contribution >= 0.6 is 0 Å². The minimum absolute atomic E-state index is 1.11. The van der Waals surface area contributed by atoms with Crippen LogP contribution in [-0.2, 0) is 6.42 Å². The summed E-state index contributed by atoms with van der Waals surface area (Å²) in [7, 11) is 0. The fourth-order valence-electron chi connectivity index (χ4n) is 1.24. The van der Waals surface area contributed by atoms with Gasteiger partial charge < -0.3 is 5.32 Å². The quantitative estimate of drug-likeness (QED) is 0.715. The summed E-state index contributed by atoms with van der Waals surface area (Å²) in [5.41, 5.74) is 2.77. The summed E-state index contributed by atoms with van der Waals surface area (Å²) in [5.74, 6) is 0. The predicted molar refractivity (Wildman–Crippen MR) is 70.6 cm³/mol. The first-order valence-electron chi connectivity index (χ1n) is 6.20. The van der Waals surface area contributed by atoms with Gasteiger partial charge in [0.1, 0.15) is 0 Å². The Labute approximate surface area is 94.9 Å². The fraction of sp³-hybridized carbons (Fsp3) is 0.571. The van der Waals surface area contributed by atoms with E-state index in [-0.39, 0.29) is 0 Å². The summed E-state index contributed by atoms with van der Waals surface area (Å²) in [6.07, 6.45) is 3.83. The van der Waals surface area contributed by atoms with Crippen LogP contribution in [0.5, 0.6) is 0 Å². The third kappa shape index (κ3) is 5.46. The molecule has 86 valence electrons. The summed E-state index contributed by atoms with van der Waals surface area (Å²) in [6, 6.07) is 8.46. The summed E-state index contributed by atoms with van der Waals surface area (Å²) >= 11 is 0. The van der Waals surface area contributed by atoms with Gasteiger partial charge in [0.15, 0.2) is 0 Å². The summed E-state index contributed by atoms with van der Waals surface area (Å²) in [6.45, 7) is 9.47. The van der Waals surface area contributed by atoms with Gasteiger partial charge in [-0.25, -0.2) is 0 Å². The van der Waals surface area contributed by atoms with Crippen LogP contribution in [0.2, 0.25) is 0 Å². The maximum Gasteiger partial charge on any atom is 0.0373 e. The molecule has 0 unspecified atom stereocenters. The van der Waals surface area contributed by atoms with E-state index in [4.69, 9.17) is 0 Å². The lowest BCUT2D eigenvalue weighted by Gasteiger charge is -1.94. The normalized spacial score (nSPS) is 11.2. The lowest BCUT2D eigenvalue weighted by Crippen LogP contribution is -1.90. The first-order chi connectivity index (χ1) is 7.38. The van der Waals surface area contributed by atoms with Crippen molar-refractivity contribution in [2.24, 2.45) is 0 Å². The average molecular weight is 207 g/mol. The smallest absolute Gasteiger partial charge is 0.0373 e. The maximum absolute atomic E-state index is 3.30. The molecule has 1 aliphatic rings. The summed E-state index contributed by atoms with van der Waals surface area (Å²) in [5, 5.41) is 3.30. The molecule has 1 aliphatic heterocycles. The Hall–Kier alpha value is -0.980. The van der Waals surface area contributed by atoms with Crippen molar-refractivity contribution >= 4 is 5.69 Å².